The molecule has 146 valence electrons. The van der Waals surface area contributed by atoms with Crippen LogP contribution in [0.1, 0.15) is 64.0 Å². The van der Waals surface area contributed by atoms with E-state index in [1.54, 1.807) is 0 Å². The van der Waals surface area contributed by atoms with E-state index >= 15 is 0 Å². The number of aryl methyl sites for hydroxylation is 1. The highest BCUT2D eigenvalue weighted by molar-refractivity contribution is 6.62. The number of rotatable bonds is 2. The van der Waals surface area contributed by atoms with Crippen LogP contribution in [0.15, 0.2) is 42.5 Å². The Morgan fingerprint density at radius 1 is 0.929 bits per heavy atom. The summed E-state index contributed by atoms with van der Waals surface area (Å²) < 4.78 is 12.6. The van der Waals surface area contributed by atoms with Gasteiger partial charge in [-0.15, -0.1) is 0 Å². The van der Waals surface area contributed by atoms with E-state index in [1.807, 2.05) is 0 Å². The maximum Gasteiger partial charge on any atom is 0.494 e. The molecule has 5 rings (SSSR count). The lowest BCUT2D eigenvalue weighted by atomic mass is 9.77. The minimum Gasteiger partial charge on any atom is -0.399 e. The predicted molar refractivity (Wildman–Crippen MR) is 116 cm³/mol. The summed E-state index contributed by atoms with van der Waals surface area (Å²) in [6, 6.07) is 16.4. The van der Waals surface area contributed by atoms with Crippen LogP contribution in [0.25, 0.3) is 0 Å². The van der Waals surface area contributed by atoms with Crippen LogP contribution in [0.2, 0.25) is 0 Å². The normalized spacial score (nSPS) is 27.2. The maximum atomic E-state index is 6.31. The van der Waals surface area contributed by atoms with E-state index in [4.69, 9.17) is 9.31 Å². The Labute approximate surface area is 169 Å². The monoisotopic (exact) mass is 375 g/mol. The fraction of sp³-hybridized carbons (Fsp3) is 0.500. The Balaban J connectivity index is 1.53. The van der Waals surface area contributed by atoms with E-state index in [-0.39, 0.29) is 18.3 Å². The molecule has 1 saturated heterocycles. The van der Waals surface area contributed by atoms with Gasteiger partial charge in [0.1, 0.15) is 0 Å². The largest absolute Gasteiger partial charge is 0.494 e. The molecule has 3 aliphatic rings. The van der Waals surface area contributed by atoms with Gasteiger partial charge in [-0.05, 0) is 76.7 Å². The first-order valence-electron chi connectivity index (χ1n) is 10.6. The van der Waals surface area contributed by atoms with E-state index in [1.165, 1.54) is 41.8 Å². The van der Waals surface area contributed by atoms with Gasteiger partial charge in [-0.25, -0.2) is 0 Å². The average molecular weight is 375 g/mol. The molecule has 2 heterocycles. The lowest BCUT2D eigenvalue weighted by Gasteiger charge is -2.32. The summed E-state index contributed by atoms with van der Waals surface area (Å²) in [5, 5.41) is 0. The summed E-state index contributed by atoms with van der Waals surface area (Å²) in [4.78, 5) is 2.57. The van der Waals surface area contributed by atoms with Crippen molar-refractivity contribution in [2.45, 2.75) is 77.0 Å². The molecule has 2 aromatic carbocycles. The van der Waals surface area contributed by atoms with Gasteiger partial charge in [0.25, 0.3) is 0 Å². The molecule has 0 N–H and O–H groups in total. The molecule has 0 spiro atoms. The van der Waals surface area contributed by atoms with Crippen LogP contribution >= 0.6 is 0 Å². The van der Waals surface area contributed by atoms with Crippen LogP contribution in [0, 0.1) is 6.92 Å². The first kappa shape index (κ1) is 18.3. The van der Waals surface area contributed by atoms with Crippen molar-refractivity contribution in [2.24, 2.45) is 0 Å². The topological polar surface area (TPSA) is 21.7 Å². The summed E-state index contributed by atoms with van der Waals surface area (Å²) in [5.74, 6) is 0.610. The van der Waals surface area contributed by atoms with Crippen molar-refractivity contribution in [2.75, 3.05) is 4.90 Å². The minimum absolute atomic E-state index is 0.288. The standard InChI is InChI=1S/C24H30BNO2/c1-16-9-12-18(13-10-16)26-21-8-6-7-19(21)20-15-17(11-14-22(20)26)25-27-23(2,3)24(4,5)28-25/h9-15,19,21H,6-8H2,1-5H3. The molecule has 4 heteroatoms. The summed E-state index contributed by atoms with van der Waals surface area (Å²) in [6.45, 7) is 10.6. The highest BCUT2D eigenvalue weighted by atomic mass is 16.7. The summed E-state index contributed by atoms with van der Waals surface area (Å²) in [5.41, 5.74) is 5.98. The Morgan fingerprint density at radius 3 is 2.29 bits per heavy atom. The third-order valence-electron chi connectivity index (χ3n) is 7.36. The summed E-state index contributed by atoms with van der Waals surface area (Å²) in [7, 11) is -0.288. The predicted octanol–water partition coefficient (Wildman–Crippen LogP) is 5.08. The van der Waals surface area contributed by atoms with Gasteiger partial charge in [-0.1, -0.05) is 36.2 Å². The highest BCUT2D eigenvalue weighted by Gasteiger charge is 2.52. The van der Waals surface area contributed by atoms with Gasteiger partial charge in [0.15, 0.2) is 0 Å². The Morgan fingerprint density at radius 2 is 1.61 bits per heavy atom. The van der Waals surface area contributed by atoms with Crippen molar-refractivity contribution >= 4 is 24.0 Å². The molecule has 2 fully saturated rings. The number of hydrogen-bond acceptors (Lipinski definition) is 3. The second-order valence-corrected chi connectivity index (χ2v) is 9.72. The van der Waals surface area contributed by atoms with Crippen molar-refractivity contribution in [3.63, 3.8) is 0 Å². The zero-order valence-corrected chi connectivity index (χ0v) is 17.7. The fourth-order valence-corrected chi connectivity index (χ4v) is 5.04. The second-order valence-electron chi connectivity index (χ2n) is 9.72. The second kappa shape index (κ2) is 6.11. The van der Waals surface area contributed by atoms with Crippen molar-refractivity contribution in [1.82, 2.24) is 0 Å². The number of nitrogens with zero attached hydrogens (tertiary/aromatic N) is 1. The number of fused-ring (bicyclic) bond motifs is 3. The third-order valence-corrected chi connectivity index (χ3v) is 7.36. The van der Waals surface area contributed by atoms with Crippen molar-refractivity contribution in [3.05, 3.63) is 53.6 Å². The molecular weight excluding hydrogens is 345 g/mol. The molecule has 0 bridgehead atoms. The molecule has 1 saturated carbocycles. The van der Waals surface area contributed by atoms with Gasteiger partial charge < -0.3 is 14.2 Å². The van der Waals surface area contributed by atoms with Gasteiger partial charge in [0.2, 0.25) is 0 Å². The van der Waals surface area contributed by atoms with Gasteiger partial charge in [0, 0.05) is 23.3 Å². The Hall–Kier alpha value is -1.78. The number of hydrogen-bond donors (Lipinski definition) is 0. The van der Waals surface area contributed by atoms with E-state index < -0.39 is 0 Å². The molecule has 2 atom stereocenters. The molecule has 0 amide bonds. The van der Waals surface area contributed by atoms with Crippen molar-refractivity contribution in [3.8, 4) is 0 Å². The fourth-order valence-electron chi connectivity index (χ4n) is 5.04. The van der Waals surface area contributed by atoms with Crippen molar-refractivity contribution in [1.29, 1.82) is 0 Å². The minimum atomic E-state index is -0.305. The number of anilines is 2. The molecule has 2 unspecified atom stereocenters. The van der Waals surface area contributed by atoms with Crippen molar-refractivity contribution < 1.29 is 9.31 Å². The zero-order chi connectivity index (χ0) is 19.7. The molecule has 0 radical (unpaired) electrons. The Bertz CT molecular complexity index is 889. The third kappa shape index (κ3) is 2.65. The van der Waals surface area contributed by atoms with Crippen LogP contribution in [0.3, 0.4) is 0 Å². The van der Waals surface area contributed by atoms with E-state index in [0.29, 0.717) is 12.0 Å². The van der Waals surface area contributed by atoms with Crippen LogP contribution in [0.4, 0.5) is 11.4 Å². The SMILES string of the molecule is Cc1ccc(N2c3ccc(B4OC(C)(C)C(C)(C)O4)cc3C3CCCC32)cc1. The Kier molecular flexibility index (Phi) is 3.99. The lowest BCUT2D eigenvalue weighted by Crippen LogP contribution is -2.41. The maximum absolute atomic E-state index is 6.31. The van der Waals surface area contributed by atoms with E-state index in [9.17, 15) is 0 Å². The van der Waals surface area contributed by atoms with Crippen LogP contribution in [0.5, 0.6) is 0 Å². The zero-order valence-electron chi connectivity index (χ0n) is 17.7. The molecule has 1 aliphatic carbocycles. The summed E-state index contributed by atoms with van der Waals surface area (Å²) in [6.07, 6.45) is 3.84. The van der Waals surface area contributed by atoms with Gasteiger partial charge in [0.05, 0.1) is 11.2 Å². The quantitative estimate of drug-likeness (QED) is 0.683. The van der Waals surface area contributed by atoms with E-state index in [0.717, 1.165) is 5.46 Å². The molecule has 0 aromatic heterocycles. The first-order chi connectivity index (χ1) is 13.3. The van der Waals surface area contributed by atoms with Gasteiger partial charge in [-0.2, -0.15) is 0 Å². The highest BCUT2D eigenvalue weighted by Crippen LogP contribution is 2.52. The molecule has 2 aliphatic heterocycles. The van der Waals surface area contributed by atoms with Crippen LogP contribution < -0.4 is 10.4 Å². The van der Waals surface area contributed by atoms with Crippen LogP contribution in [-0.2, 0) is 9.31 Å². The molecule has 2 aromatic rings. The first-order valence-corrected chi connectivity index (χ1v) is 10.6. The van der Waals surface area contributed by atoms with Crippen LogP contribution in [-0.4, -0.2) is 24.4 Å². The molecular formula is C24H30BNO2. The number of benzene rings is 2. The lowest BCUT2D eigenvalue weighted by molar-refractivity contribution is 0.00578. The van der Waals surface area contributed by atoms with Gasteiger partial charge in [-0.3, -0.25) is 0 Å². The summed E-state index contributed by atoms with van der Waals surface area (Å²) >= 11 is 0. The average Bonchev–Trinajstić information content (AvgIpc) is 3.27. The molecule has 28 heavy (non-hydrogen) atoms. The smallest absolute Gasteiger partial charge is 0.399 e. The van der Waals surface area contributed by atoms with E-state index in [2.05, 4.69) is 82.0 Å². The molecule has 3 nitrogen and oxygen atoms in total. The van der Waals surface area contributed by atoms with Gasteiger partial charge >= 0.3 is 7.12 Å².